The molecule has 2 atom stereocenters. The third-order valence-electron chi connectivity index (χ3n) is 3.61. The van der Waals surface area contributed by atoms with E-state index < -0.39 is 6.10 Å². The van der Waals surface area contributed by atoms with E-state index >= 15 is 0 Å². The van der Waals surface area contributed by atoms with Gasteiger partial charge in [-0.2, -0.15) is 0 Å². The van der Waals surface area contributed by atoms with Crippen molar-refractivity contribution in [1.82, 2.24) is 0 Å². The summed E-state index contributed by atoms with van der Waals surface area (Å²) in [4.78, 5) is 0. The van der Waals surface area contributed by atoms with Gasteiger partial charge in [0.1, 0.15) is 13.2 Å². The third-order valence-corrected chi connectivity index (χ3v) is 4.29. The number of aliphatic hydroxyl groups is 1. The van der Waals surface area contributed by atoms with E-state index in [2.05, 4.69) is 43.6 Å². The van der Waals surface area contributed by atoms with E-state index in [0.717, 1.165) is 34.4 Å². The van der Waals surface area contributed by atoms with Crippen molar-refractivity contribution in [1.29, 1.82) is 0 Å². The summed E-state index contributed by atoms with van der Waals surface area (Å²) in [5, 5.41) is 10.5. The third kappa shape index (κ3) is 4.62. The molecule has 3 nitrogen and oxygen atoms in total. The van der Waals surface area contributed by atoms with Crippen molar-refractivity contribution in [3.63, 3.8) is 0 Å². The minimum Gasteiger partial charge on any atom is -0.486 e. The van der Waals surface area contributed by atoms with Crippen LogP contribution in [0.4, 0.5) is 0 Å². The zero-order valence-corrected chi connectivity index (χ0v) is 14.9. The normalized spacial score (nSPS) is 17.4. The molecular formula is C17H25BrO3. The number of ether oxygens (including phenoxy) is 2. The van der Waals surface area contributed by atoms with E-state index in [1.54, 1.807) is 0 Å². The Morgan fingerprint density at radius 1 is 1.19 bits per heavy atom. The van der Waals surface area contributed by atoms with Crippen LogP contribution in [0.2, 0.25) is 0 Å². The summed E-state index contributed by atoms with van der Waals surface area (Å²) in [6.07, 6.45) is 1.34. The first-order valence-electron chi connectivity index (χ1n) is 7.53. The summed E-state index contributed by atoms with van der Waals surface area (Å²) in [5.74, 6) is 1.92. The molecule has 0 fully saturated rings. The van der Waals surface area contributed by atoms with Crippen LogP contribution >= 0.6 is 15.9 Å². The highest BCUT2D eigenvalue weighted by molar-refractivity contribution is 9.10. The van der Waals surface area contributed by atoms with Gasteiger partial charge >= 0.3 is 0 Å². The molecule has 1 aromatic carbocycles. The Labute approximate surface area is 135 Å². The SMILES string of the molecule is CC(CC(O)c1cc2c(cc1Br)OCCO2)CC(C)(C)C. The van der Waals surface area contributed by atoms with Crippen LogP contribution in [-0.2, 0) is 0 Å². The van der Waals surface area contributed by atoms with Crippen molar-refractivity contribution < 1.29 is 14.6 Å². The number of hydrogen-bond acceptors (Lipinski definition) is 3. The quantitative estimate of drug-likeness (QED) is 0.848. The summed E-state index contributed by atoms with van der Waals surface area (Å²) in [6.45, 7) is 10.0. The molecule has 1 aliphatic rings. The Morgan fingerprint density at radius 2 is 1.76 bits per heavy atom. The Morgan fingerprint density at radius 3 is 2.33 bits per heavy atom. The van der Waals surface area contributed by atoms with Crippen LogP contribution in [0.3, 0.4) is 0 Å². The predicted molar refractivity (Wildman–Crippen MR) is 87.9 cm³/mol. The molecule has 21 heavy (non-hydrogen) atoms. The van der Waals surface area contributed by atoms with Crippen molar-refractivity contribution in [3.05, 3.63) is 22.2 Å². The van der Waals surface area contributed by atoms with Crippen LogP contribution in [0.5, 0.6) is 11.5 Å². The molecule has 0 aromatic heterocycles. The zero-order chi connectivity index (χ0) is 15.6. The second-order valence-corrected chi connectivity index (χ2v) is 7.99. The van der Waals surface area contributed by atoms with Crippen LogP contribution in [0.1, 0.15) is 52.2 Å². The number of fused-ring (bicyclic) bond motifs is 1. The van der Waals surface area contributed by atoms with Gasteiger partial charge < -0.3 is 14.6 Å². The average Bonchev–Trinajstić information content (AvgIpc) is 2.35. The lowest BCUT2D eigenvalue weighted by molar-refractivity contribution is 0.131. The smallest absolute Gasteiger partial charge is 0.162 e. The van der Waals surface area contributed by atoms with Gasteiger partial charge in [-0.15, -0.1) is 0 Å². The number of aliphatic hydroxyl groups excluding tert-OH is 1. The molecule has 0 amide bonds. The van der Waals surface area contributed by atoms with E-state index in [1.165, 1.54) is 0 Å². The number of halogens is 1. The van der Waals surface area contributed by atoms with Gasteiger partial charge in [0, 0.05) is 4.47 Å². The summed E-state index contributed by atoms with van der Waals surface area (Å²) in [6, 6.07) is 3.79. The second kappa shape index (κ2) is 6.57. The Kier molecular flexibility index (Phi) is 5.20. The topological polar surface area (TPSA) is 38.7 Å². The molecule has 118 valence electrons. The van der Waals surface area contributed by atoms with Crippen molar-refractivity contribution >= 4 is 15.9 Å². The number of benzene rings is 1. The van der Waals surface area contributed by atoms with E-state index in [-0.39, 0.29) is 5.41 Å². The first-order chi connectivity index (χ1) is 9.76. The average molecular weight is 357 g/mol. The maximum Gasteiger partial charge on any atom is 0.162 e. The first kappa shape index (κ1) is 16.6. The molecule has 1 N–H and O–H groups in total. The first-order valence-corrected chi connectivity index (χ1v) is 8.32. The summed E-state index contributed by atoms with van der Waals surface area (Å²) in [5.41, 5.74) is 1.16. The van der Waals surface area contributed by atoms with Crippen molar-refractivity contribution in [2.75, 3.05) is 13.2 Å². The summed E-state index contributed by atoms with van der Waals surface area (Å²) >= 11 is 3.53. The van der Waals surface area contributed by atoms with Gasteiger partial charge in [0.15, 0.2) is 11.5 Å². The fraction of sp³-hybridized carbons (Fsp3) is 0.647. The molecule has 1 aromatic rings. The van der Waals surface area contributed by atoms with Gasteiger partial charge in [-0.25, -0.2) is 0 Å². The summed E-state index contributed by atoms with van der Waals surface area (Å²) in [7, 11) is 0. The molecular weight excluding hydrogens is 332 g/mol. The monoisotopic (exact) mass is 356 g/mol. The molecule has 1 aliphatic heterocycles. The maximum atomic E-state index is 10.5. The molecule has 0 saturated carbocycles. The van der Waals surface area contributed by atoms with E-state index in [0.29, 0.717) is 19.1 Å². The molecule has 0 saturated heterocycles. The van der Waals surface area contributed by atoms with Crippen LogP contribution in [-0.4, -0.2) is 18.3 Å². The van der Waals surface area contributed by atoms with Crippen molar-refractivity contribution in [2.24, 2.45) is 11.3 Å². The van der Waals surface area contributed by atoms with Crippen molar-refractivity contribution in [3.8, 4) is 11.5 Å². The molecule has 0 bridgehead atoms. The van der Waals surface area contributed by atoms with Gasteiger partial charge in [-0.1, -0.05) is 43.6 Å². The van der Waals surface area contributed by atoms with E-state index in [1.807, 2.05) is 12.1 Å². The second-order valence-electron chi connectivity index (χ2n) is 7.14. The van der Waals surface area contributed by atoms with Gasteiger partial charge in [0.25, 0.3) is 0 Å². The van der Waals surface area contributed by atoms with E-state index in [9.17, 15) is 5.11 Å². The fourth-order valence-electron chi connectivity index (χ4n) is 2.97. The Bertz CT molecular complexity index is 494. The molecule has 1 heterocycles. The number of hydrogen-bond donors (Lipinski definition) is 1. The highest BCUT2D eigenvalue weighted by Gasteiger charge is 2.22. The highest BCUT2D eigenvalue weighted by Crippen LogP contribution is 2.40. The molecule has 2 unspecified atom stereocenters. The lowest BCUT2D eigenvalue weighted by atomic mass is 9.82. The van der Waals surface area contributed by atoms with Gasteiger partial charge in [-0.05, 0) is 41.9 Å². The van der Waals surface area contributed by atoms with Crippen LogP contribution in [0, 0.1) is 11.3 Å². The standard InChI is InChI=1S/C17H25BrO3/c1-11(10-17(2,3)4)7-14(19)12-8-15-16(9-13(12)18)21-6-5-20-15/h8-9,11,14,19H,5-7,10H2,1-4H3. The van der Waals surface area contributed by atoms with Gasteiger partial charge in [-0.3, -0.25) is 0 Å². The molecule has 0 radical (unpaired) electrons. The molecule has 4 heteroatoms. The zero-order valence-electron chi connectivity index (χ0n) is 13.3. The fourth-order valence-corrected chi connectivity index (χ4v) is 3.56. The lowest BCUT2D eigenvalue weighted by Gasteiger charge is -2.26. The molecule has 0 aliphatic carbocycles. The maximum absolute atomic E-state index is 10.5. The predicted octanol–water partition coefficient (Wildman–Crippen LogP) is 4.72. The van der Waals surface area contributed by atoms with Gasteiger partial charge in [0.05, 0.1) is 6.10 Å². The Hall–Kier alpha value is -0.740. The summed E-state index contributed by atoms with van der Waals surface area (Å²) < 4.78 is 12.0. The van der Waals surface area contributed by atoms with Crippen molar-refractivity contribution in [2.45, 2.75) is 46.6 Å². The lowest BCUT2D eigenvalue weighted by Crippen LogP contribution is -2.17. The highest BCUT2D eigenvalue weighted by atomic mass is 79.9. The van der Waals surface area contributed by atoms with Crippen LogP contribution < -0.4 is 9.47 Å². The van der Waals surface area contributed by atoms with Gasteiger partial charge in [0.2, 0.25) is 0 Å². The minimum atomic E-state index is -0.493. The number of rotatable bonds is 4. The Balaban J connectivity index is 2.10. The van der Waals surface area contributed by atoms with Crippen LogP contribution in [0.25, 0.3) is 0 Å². The molecule has 2 rings (SSSR count). The minimum absolute atomic E-state index is 0.281. The van der Waals surface area contributed by atoms with Crippen LogP contribution in [0.15, 0.2) is 16.6 Å². The van der Waals surface area contributed by atoms with E-state index in [4.69, 9.17) is 9.47 Å². The largest absolute Gasteiger partial charge is 0.486 e. The molecule has 0 spiro atoms.